The number of hydrogen-bond acceptors (Lipinski definition) is 3. The van der Waals surface area contributed by atoms with E-state index in [2.05, 4.69) is 0 Å². The fraction of sp³-hybridized carbons (Fsp3) is 0.0952. The lowest BCUT2D eigenvalue weighted by atomic mass is 9.77. The van der Waals surface area contributed by atoms with Gasteiger partial charge in [-0.1, -0.05) is 42.5 Å². The average molecular weight is 328 g/mol. The molecule has 122 valence electrons. The minimum Gasteiger partial charge on any atom is -0.699 e. The maximum atomic E-state index is 12.6. The topological polar surface area (TPSA) is 59.3 Å². The summed E-state index contributed by atoms with van der Waals surface area (Å²) in [5.74, 6) is 0.864. The predicted octanol–water partition coefficient (Wildman–Crippen LogP) is 5.25. The summed E-state index contributed by atoms with van der Waals surface area (Å²) in [5.41, 5.74) is 11.2. The highest BCUT2D eigenvalue weighted by Gasteiger charge is 2.53. The van der Waals surface area contributed by atoms with Crippen molar-refractivity contribution in [2.75, 3.05) is 0 Å². The summed E-state index contributed by atoms with van der Waals surface area (Å²) in [6.07, 6.45) is 0. The molecule has 5 rings (SSSR count). The Morgan fingerprint density at radius 3 is 2.44 bits per heavy atom. The number of aryl methyl sites for hydroxylation is 1. The Labute approximate surface area is 144 Å². The van der Waals surface area contributed by atoms with Gasteiger partial charge in [-0.25, -0.2) is 4.79 Å². The zero-order valence-electron chi connectivity index (χ0n) is 13.5. The third-order valence-corrected chi connectivity index (χ3v) is 4.87. The second-order valence-corrected chi connectivity index (χ2v) is 6.43. The minimum atomic E-state index is -1.03. The molecule has 1 atom stereocenters. The van der Waals surface area contributed by atoms with Gasteiger partial charge in [-0.05, 0) is 30.7 Å². The Balaban J connectivity index is 1.91. The van der Waals surface area contributed by atoms with Gasteiger partial charge in [0.25, 0.3) is 0 Å². The first kappa shape index (κ1) is 14.1. The Hall–Kier alpha value is -3.27. The largest absolute Gasteiger partial charge is 0.699 e. The van der Waals surface area contributed by atoms with Crippen molar-refractivity contribution in [3.05, 3.63) is 94.2 Å². The van der Waals surface area contributed by atoms with Gasteiger partial charge >= 0.3 is 5.97 Å². The van der Waals surface area contributed by atoms with Crippen molar-refractivity contribution in [1.82, 2.24) is 0 Å². The minimum absolute atomic E-state index is 0.343. The smallest absolute Gasteiger partial charge is 0.340 e. The average Bonchev–Trinajstić information content (AvgIpc) is 2.88. The molecule has 2 aliphatic rings. The van der Waals surface area contributed by atoms with Crippen LogP contribution >= 0.6 is 0 Å². The lowest BCUT2D eigenvalue weighted by Gasteiger charge is -2.37. The fourth-order valence-electron chi connectivity index (χ4n) is 3.78. The molecule has 3 aromatic rings. The Morgan fingerprint density at radius 1 is 0.880 bits per heavy atom. The molecule has 4 heteroatoms. The number of carbonyl (C=O) groups excluding carboxylic acids is 1. The van der Waals surface area contributed by atoms with Crippen molar-refractivity contribution in [3.63, 3.8) is 0 Å². The summed E-state index contributed by atoms with van der Waals surface area (Å²) in [4.78, 5) is 12.6. The van der Waals surface area contributed by atoms with Crippen LogP contribution in [0.1, 0.15) is 32.6 Å². The number of esters is 1. The van der Waals surface area contributed by atoms with Crippen molar-refractivity contribution in [3.8, 4) is 11.5 Å². The summed E-state index contributed by atoms with van der Waals surface area (Å²) in [6, 6.07) is 18.5. The molecule has 0 saturated carbocycles. The van der Waals surface area contributed by atoms with Crippen LogP contribution in [0.3, 0.4) is 0 Å². The number of rotatable bonds is 0. The van der Waals surface area contributed by atoms with Crippen LogP contribution in [0.4, 0.5) is 5.69 Å². The van der Waals surface area contributed by atoms with Gasteiger partial charge in [-0.3, -0.25) is 0 Å². The van der Waals surface area contributed by atoms with Crippen molar-refractivity contribution >= 4 is 11.7 Å². The van der Waals surface area contributed by atoms with E-state index in [0.29, 0.717) is 22.7 Å². The zero-order chi connectivity index (χ0) is 17.2. The molecule has 1 N–H and O–H groups in total. The quantitative estimate of drug-likeness (QED) is 0.530. The molecule has 1 unspecified atom stereocenters. The fourth-order valence-corrected chi connectivity index (χ4v) is 3.78. The first-order valence-electron chi connectivity index (χ1n) is 8.07. The third-order valence-electron chi connectivity index (χ3n) is 4.87. The van der Waals surface area contributed by atoms with Crippen LogP contribution in [-0.4, -0.2) is 5.97 Å². The third kappa shape index (κ3) is 1.74. The summed E-state index contributed by atoms with van der Waals surface area (Å²) in [6.45, 7) is 1.99. The second-order valence-electron chi connectivity index (χ2n) is 6.43. The van der Waals surface area contributed by atoms with Crippen molar-refractivity contribution < 1.29 is 14.3 Å². The predicted molar refractivity (Wildman–Crippen MR) is 93.4 cm³/mol. The van der Waals surface area contributed by atoms with Crippen LogP contribution in [0.5, 0.6) is 11.5 Å². The van der Waals surface area contributed by atoms with Crippen LogP contribution in [-0.2, 0) is 10.3 Å². The van der Waals surface area contributed by atoms with Gasteiger partial charge < -0.3 is 15.2 Å². The van der Waals surface area contributed by atoms with Crippen LogP contribution in [0.2, 0.25) is 0 Å². The van der Waals surface area contributed by atoms with Crippen LogP contribution in [0.15, 0.2) is 60.7 Å². The number of ether oxygens (including phenoxy) is 2. The summed E-state index contributed by atoms with van der Waals surface area (Å²) >= 11 is 0. The molecule has 0 bridgehead atoms. The van der Waals surface area contributed by atoms with Crippen LogP contribution < -0.4 is 4.74 Å². The van der Waals surface area contributed by atoms with Gasteiger partial charge in [0.05, 0.1) is 5.56 Å². The first-order chi connectivity index (χ1) is 12.1. The monoisotopic (exact) mass is 328 g/mol. The summed E-state index contributed by atoms with van der Waals surface area (Å²) in [7, 11) is 0. The van der Waals surface area contributed by atoms with Gasteiger partial charge in [-0.15, -0.1) is 5.69 Å². The van der Waals surface area contributed by atoms with Gasteiger partial charge in [0.1, 0.15) is 11.5 Å². The van der Waals surface area contributed by atoms with Gasteiger partial charge in [0, 0.05) is 16.7 Å². The molecule has 0 aliphatic carbocycles. The van der Waals surface area contributed by atoms with E-state index >= 15 is 0 Å². The highest BCUT2D eigenvalue weighted by molar-refractivity contribution is 5.97. The maximum Gasteiger partial charge on any atom is 0.340 e. The molecular formula is C21H14NO3-. The number of fused-ring (bicyclic) bond motifs is 6. The lowest BCUT2D eigenvalue weighted by Crippen LogP contribution is -2.32. The maximum absolute atomic E-state index is 12.6. The normalized spacial score (nSPS) is 19.6. The highest BCUT2D eigenvalue weighted by atomic mass is 16.6. The molecule has 0 amide bonds. The molecule has 4 nitrogen and oxygen atoms in total. The van der Waals surface area contributed by atoms with Crippen molar-refractivity contribution in [1.29, 1.82) is 0 Å². The van der Waals surface area contributed by atoms with Crippen LogP contribution in [0, 0.1) is 6.92 Å². The van der Waals surface area contributed by atoms with E-state index in [0.717, 1.165) is 22.3 Å². The van der Waals surface area contributed by atoms with E-state index in [9.17, 15) is 4.79 Å². The van der Waals surface area contributed by atoms with E-state index in [1.165, 1.54) is 0 Å². The summed E-state index contributed by atoms with van der Waals surface area (Å²) in [5, 5.41) is 0. The van der Waals surface area contributed by atoms with Gasteiger partial charge in [-0.2, -0.15) is 0 Å². The van der Waals surface area contributed by atoms with E-state index in [1.54, 1.807) is 18.2 Å². The van der Waals surface area contributed by atoms with Crippen LogP contribution in [0.25, 0.3) is 5.73 Å². The number of benzene rings is 3. The molecule has 0 saturated heterocycles. The van der Waals surface area contributed by atoms with Gasteiger partial charge in [0.15, 0.2) is 5.60 Å². The molecular weight excluding hydrogens is 314 g/mol. The molecule has 25 heavy (non-hydrogen) atoms. The summed E-state index contributed by atoms with van der Waals surface area (Å²) < 4.78 is 12.1. The number of nitrogens with one attached hydrogen (secondary N) is 1. The molecule has 0 radical (unpaired) electrons. The van der Waals surface area contributed by atoms with Crippen molar-refractivity contribution in [2.45, 2.75) is 12.5 Å². The molecule has 3 aromatic carbocycles. The first-order valence-corrected chi connectivity index (χ1v) is 8.07. The lowest BCUT2D eigenvalue weighted by molar-refractivity contribution is 0.0224. The second kappa shape index (κ2) is 4.63. The van der Waals surface area contributed by atoms with E-state index in [1.807, 2.05) is 49.4 Å². The molecule has 0 aromatic heterocycles. The van der Waals surface area contributed by atoms with Gasteiger partial charge in [0.2, 0.25) is 0 Å². The number of carbonyl (C=O) groups is 1. The standard InChI is InChI=1S/C21H14NO3/c1-12-6-8-16-18(10-12)24-19-11-13(22)7-9-17(19)21(16)15-5-3-2-4-14(15)20(23)25-21/h2-11,22H,1H3/q-1. The van der Waals surface area contributed by atoms with E-state index < -0.39 is 5.60 Å². The van der Waals surface area contributed by atoms with E-state index in [4.69, 9.17) is 15.2 Å². The molecule has 0 fully saturated rings. The Kier molecular flexibility index (Phi) is 2.61. The molecule has 2 heterocycles. The SMILES string of the molecule is Cc1ccc2c(c1)Oc1cc([NH-])ccc1C21OC(=O)c2ccccc21. The highest BCUT2D eigenvalue weighted by Crippen LogP contribution is 2.56. The molecule has 1 spiro atoms. The Bertz CT molecular complexity index is 1000. The zero-order valence-corrected chi connectivity index (χ0v) is 13.5. The Morgan fingerprint density at radius 2 is 1.60 bits per heavy atom. The number of hydrogen-bond donors (Lipinski definition) is 0. The molecule has 2 aliphatic heterocycles. The van der Waals surface area contributed by atoms with E-state index in [-0.39, 0.29) is 5.97 Å². The van der Waals surface area contributed by atoms with Crippen molar-refractivity contribution in [2.24, 2.45) is 0 Å².